The van der Waals surface area contributed by atoms with Crippen LogP contribution < -0.4 is 4.74 Å². The maximum atomic E-state index is 5.30. The third-order valence-electron chi connectivity index (χ3n) is 5.77. The number of ether oxygens (including phenoxy) is 1. The molecule has 0 N–H and O–H groups in total. The van der Waals surface area contributed by atoms with E-state index in [1.165, 1.54) is 0 Å². The monoisotopic (exact) mass is 415 g/mol. The van der Waals surface area contributed by atoms with Gasteiger partial charge in [-0.05, 0) is 58.9 Å². The van der Waals surface area contributed by atoms with Crippen LogP contribution in [0.5, 0.6) is 5.75 Å². The second kappa shape index (κ2) is 10.9. The zero-order valence-electron chi connectivity index (χ0n) is 19.3. The van der Waals surface area contributed by atoms with Gasteiger partial charge in [0.2, 0.25) is 0 Å². The fourth-order valence-electron chi connectivity index (χ4n) is 4.18. The highest BCUT2D eigenvalue weighted by atomic mass is 28.3. The average molecular weight is 416 g/mol. The molecule has 0 heterocycles. The van der Waals surface area contributed by atoms with Crippen molar-refractivity contribution in [2.75, 3.05) is 7.11 Å². The SMILES string of the molecule is COc1ccc(C(C#C[Si](C(C)C)(C(C)C)C(C)C)=NC#Cc2ccccc2)cc1. The minimum atomic E-state index is -1.86. The molecule has 0 bridgehead atoms. The summed E-state index contributed by atoms with van der Waals surface area (Å²) >= 11 is 0. The third-order valence-corrected chi connectivity index (χ3v) is 12.1. The molecule has 0 fully saturated rings. The molecule has 0 aromatic heterocycles. The summed E-state index contributed by atoms with van der Waals surface area (Å²) in [4.78, 5) is 4.59. The number of methoxy groups -OCH3 is 1. The van der Waals surface area contributed by atoms with E-state index >= 15 is 0 Å². The molecular formula is C27H33NOSi. The molecule has 0 amide bonds. The molecular weight excluding hydrogens is 382 g/mol. The van der Waals surface area contributed by atoms with Gasteiger partial charge in [-0.25, -0.2) is 0 Å². The molecule has 0 spiro atoms. The smallest absolute Gasteiger partial charge is 0.146 e. The second-order valence-electron chi connectivity index (χ2n) is 8.44. The van der Waals surface area contributed by atoms with E-state index in [0.29, 0.717) is 16.6 Å². The molecule has 2 aromatic rings. The molecule has 0 atom stereocenters. The fraction of sp³-hybridized carbons (Fsp3) is 0.370. The van der Waals surface area contributed by atoms with E-state index in [1.807, 2.05) is 54.6 Å². The summed E-state index contributed by atoms with van der Waals surface area (Å²) in [6, 6.07) is 20.8. The van der Waals surface area contributed by atoms with Crippen LogP contribution in [0.2, 0.25) is 16.6 Å². The van der Waals surface area contributed by atoms with Crippen LogP contribution in [0, 0.1) is 23.4 Å². The standard InChI is InChI=1S/C27H33NOSi/c1-21(2)30(22(3)4,23(5)6)20-18-27(25-13-15-26(29-7)16-14-25)28-19-17-24-11-9-8-10-12-24/h8-16,21-23H,1-7H3. The van der Waals surface area contributed by atoms with Crippen molar-refractivity contribution in [2.24, 2.45) is 4.99 Å². The molecule has 30 heavy (non-hydrogen) atoms. The van der Waals surface area contributed by atoms with Crippen LogP contribution in [0.1, 0.15) is 52.7 Å². The summed E-state index contributed by atoms with van der Waals surface area (Å²) in [5.41, 5.74) is 8.10. The maximum absolute atomic E-state index is 5.30. The lowest BCUT2D eigenvalue weighted by Crippen LogP contribution is -2.43. The summed E-state index contributed by atoms with van der Waals surface area (Å²) in [7, 11) is -0.189. The van der Waals surface area contributed by atoms with Crippen LogP contribution in [0.3, 0.4) is 0 Å². The molecule has 2 aromatic carbocycles. The summed E-state index contributed by atoms with van der Waals surface area (Å²) in [5.74, 6) is 7.39. The zero-order valence-corrected chi connectivity index (χ0v) is 20.3. The van der Waals surface area contributed by atoms with E-state index in [0.717, 1.165) is 22.6 Å². The lowest BCUT2D eigenvalue weighted by atomic mass is 10.1. The molecule has 156 valence electrons. The van der Waals surface area contributed by atoms with E-state index in [1.54, 1.807) is 7.11 Å². The van der Waals surface area contributed by atoms with Gasteiger partial charge in [-0.15, -0.1) is 5.54 Å². The molecule has 3 heteroatoms. The van der Waals surface area contributed by atoms with Gasteiger partial charge in [0, 0.05) is 17.2 Å². The van der Waals surface area contributed by atoms with Gasteiger partial charge in [-0.1, -0.05) is 65.7 Å². The van der Waals surface area contributed by atoms with Crippen molar-refractivity contribution in [3.05, 3.63) is 65.7 Å². The lowest BCUT2D eigenvalue weighted by molar-refractivity contribution is 0.415. The van der Waals surface area contributed by atoms with Gasteiger partial charge in [0.1, 0.15) is 19.5 Å². The Morgan fingerprint density at radius 3 is 1.90 bits per heavy atom. The average Bonchev–Trinajstić information content (AvgIpc) is 2.73. The van der Waals surface area contributed by atoms with E-state index < -0.39 is 8.07 Å². The van der Waals surface area contributed by atoms with Gasteiger partial charge in [-0.3, -0.25) is 0 Å². The number of benzene rings is 2. The first-order chi connectivity index (χ1) is 14.3. The molecule has 0 saturated heterocycles. The van der Waals surface area contributed by atoms with E-state index in [-0.39, 0.29) is 0 Å². The van der Waals surface area contributed by atoms with Crippen LogP contribution in [0.25, 0.3) is 0 Å². The number of rotatable bonds is 5. The van der Waals surface area contributed by atoms with Crippen molar-refractivity contribution >= 4 is 13.8 Å². The van der Waals surface area contributed by atoms with E-state index in [4.69, 9.17) is 4.74 Å². The first-order valence-corrected chi connectivity index (χ1v) is 12.9. The molecule has 0 aliphatic carbocycles. The molecule has 0 aliphatic rings. The zero-order chi connectivity index (χ0) is 22.1. The Kier molecular flexibility index (Phi) is 8.52. The Labute approximate surface area is 183 Å². The Hall–Kier alpha value is -2.75. The predicted octanol–water partition coefficient (Wildman–Crippen LogP) is 6.71. The third kappa shape index (κ3) is 5.65. The van der Waals surface area contributed by atoms with Gasteiger partial charge >= 0.3 is 0 Å². The summed E-state index contributed by atoms with van der Waals surface area (Å²) < 4.78 is 5.30. The quantitative estimate of drug-likeness (QED) is 0.302. The van der Waals surface area contributed by atoms with Crippen molar-refractivity contribution in [1.29, 1.82) is 0 Å². The van der Waals surface area contributed by atoms with Crippen LogP contribution in [0.15, 0.2) is 59.6 Å². The highest BCUT2D eigenvalue weighted by molar-refractivity contribution is 6.90. The fourth-order valence-corrected chi connectivity index (χ4v) is 9.38. The second-order valence-corrected chi connectivity index (χ2v) is 14.0. The largest absolute Gasteiger partial charge is 0.497 e. The summed E-state index contributed by atoms with van der Waals surface area (Å²) in [6.07, 6.45) is 0. The summed E-state index contributed by atoms with van der Waals surface area (Å²) in [5, 5.41) is 0. The lowest BCUT2D eigenvalue weighted by Gasteiger charge is -2.38. The Balaban J connectivity index is 2.55. The Morgan fingerprint density at radius 1 is 0.833 bits per heavy atom. The van der Waals surface area contributed by atoms with Crippen molar-refractivity contribution < 1.29 is 4.74 Å². The minimum absolute atomic E-state index is 0.567. The van der Waals surface area contributed by atoms with Crippen molar-refractivity contribution in [2.45, 2.75) is 58.2 Å². The molecule has 2 rings (SSSR count). The summed E-state index contributed by atoms with van der Waals surface area (Å²) in [6.45, 7) is 13.9. The highest BCUT2D eigenvalue weighted by Crippen LogP contribution is 2.40. The highest BCUT2D eigenvalue weighted by Gasteiger charge is 2.41. The first-order valence-electron chi connectivity index (χ1n) is 10.6. The first kappa shape index (κ1) is 23.5. The van der Waals surface area contributed by atoms with Crippen molar-refractivity contribution in [1.82, 2.24) is 0 Å². The van der Waals surface area contributed by atoms with Gasteiger partial charge in [-0.2, -0.15) is 4.99 Å². The normalized spacial score (nSPS) is 11.7. The van der Waals surface area contributed by atoms with Crippen molar-refractivity contribution in [3.63, 3.8) is 0 Å². The van der Waals surface area contributed by atoms with Gasteiger partial charge in [0.15, 0.2) is 0 Å². The Morgan fingerprint density at radius 2 is 1.40 bits per heavy atom. The van der Waals surface area contributed by atoms with Gasteiger partial charge in [0.25, 0.3) is 0 Å². The molecule has 2 nitrogen and oxygen atoms in total. The van der Waals surface area contributed by atoms with Crippen LogP contribution in [-0.4, -0.2) is 20.9 Å². The topological polar surface area (TPSA) is 21.6 Å². The Bertz CT molecular complexity index is 943. The maximum Gasteiger partial charge on any atom is 0.146 e. The number of hydrogen-bond acceptors (Lipinski definition) is 2. The minimum Gasteiger partial charge on any atom is -0.497 e. The molecule has 0 aliphatic heterocycles. The molecule has 0 radical (unpaired) electrons. The number of nitrogens with zero attached hydrogens (tertiary/aromatic N) is 1. The predicted molar refractivity (Wildman–Crippen MR) is 132 cm³/mol. The van der Waals surface area contributed by atoms with E-state index in [2.05, 4.69) is 70.0 Å². The van der Waals surface area contributed by atoms with Crippen LogP contribution in [0.4, 0.5) is 0 Å². The molecule has 0 unspecified atom stereocenters. The van der Waals surface area contributed by atoms with Crippen LogP contribution in [-0.2, 0) is 0 Å². The van der Waals surface area contributed by atoms with Gasteiger partial charge in [0.05, 0.1) is 7.11 Å². The van der Waals surface area contributed by atoms with E-state index in [9.17, 15) is 0 Å². The van der Waals surface area contributed by atoms with Crippen molar-refractivity contribution in [3.8, 4) is 29.2 Å². The van der Waals surface area contributed by atoms with Crippen LogP contribution >= 0.6 is 0 Å². The van der Waals surface area contributed by atoms with Gasteiger partial charge < -0.3 is 4.74 Å². The molecule has 0 saturated carbocycles. The number of aliphatic imine (C=N–C) groups is 1. The number of hydrogen-bond donors (Lipinski definition) is 0.